The minimum atomic E-state index is -0.373. The molecule has 0 radical (unpaired) electrons. The van der Waals surface area contributed by atoms with E-state index in [4.69, 9.17) is 5.73 Å². The fourth-order valence-corrected chi connectivity index (χ4v) is 3.36. The zero-order valence-electron chi connectivity index (χ0n) is 16.2. The summed E-state index contributed by atoms with van der Waals surface area (Å²) >= 11 is 0. The van der Waals surface area contributed by atoms with E-state index in [-0.39, 0.29) is 36.1 Å². The quantitative estimate of drug-likeness (QED) is 0.659. The molecule has 1 aromatic rings. The second kappa shape index (κ2) is 10.1. The van der Waals surface area contributed by atoms with Crippen molar-refractivity contribution in [2.45, 2.75) is 39.2 Å². The highest BCUT2D eigenvalue weighted by Gasteiger charge is 2.29. The number of carbonyl (C=O) groups is 3. The number of carbonyl (C=O) groups excluding carboxylic acids is 3. The second-order valence-corrected chi connectivity index (χ2v) is 7.13. The van der Waals surface area contributed by atoms with Gasteiger partial charge in [0.2, 0.25) is 17.7 Å². The van der Waals surface area contributed by atoms with E-state index in [0.717, 1.165) is 24.0 Å². The molecule has 0 saturated carbocycles. The van der Waals surface area contributed by atoms with Gasteiger partial charge in [-0.1, -0.05) is 29.8 Å². The van der Waals surface area contributed by atoms with Crippen LogP contribution in [0, 0.1) is 12.8 Å². The topological polar surface area (TPSA) is 105 Å². The lowest BCUT2D eigenvalue weighted by Gasteiger charge is -2.33. The number of nitrogens with two attached hydrogens (primary N) is 1. The van der Waals surface area contributed by atoms with Crippen LogP contribution in [0.3, 0.4) is 0 Å². The first kappa shape index (κ1) is 20.9. The summed E-state index contributed by atoms with van der Waals surface area (Å²) < 4.78 is 0. The molecule has 0 aliphatic carbocycles. The number of piperidine rings is 1. The predicted molar refractivity (Wildman–Crippen MR) is 104 cm³/mol. The van der Waals surface area contributed by atoms with Crippen molar-refractivity contribution in [3.63, 3.8) is 0 Å². The van der Waals surface area contributed by atoms with E-state index in [2.05, 4.69) is 10.6 Å². The maximum Gasteiger partial charge on any atom is 0.225 e. The van der Waals surface area contributed by atoms with Crippen LogP contribution in [0.15, 0.2) is 24.3 Å². The summed E-state index contributed by atoms with van der Waals surface area (Å²) in [6.45, 7) is 5.34. The van der Waals surface area contributed by atoms with Gasteiger partial charge in [0.1, 0.15) is 0 Å². The second-order valence-electron chi connectivity index (χ2n) is 7.13. The molecule has 1 aliphatic heterocycles. The average Bonchev–Trinajstić information content (AvgIpc) is 2.66. The Morgan fingerprint density at radius 1 is 1.26 bits per heavy atom. The van der Waals surface area contributed by atoms with Gasteiger partial charge in [0.25, 0.3) is 0 Å². The first-order chi connectivity index (χ1) is 12.9. The standard InChI is InChI=1S/C20H30N4O3/c1-14-5-7-16(8-6-14)18(23-15(2)25)12-19(26)24-11-3-4-17(13-24)20(27)22-10-9-21/h5-8,17-18H,3-4,9-13,21H2,1-2H3,(H,22,27)(H,23,25). The summed E-state index contributed by atoms with van der Waals surface area (Å²) in [5.41, 5.74) is 7.45. The van der Waals surface area contributed by atoms with Crippen LogP contribution in [-0.4, -0.2) is 48.8 Å². The van der Waals surface area contributed by atoms with Gasteiger partial charge in [-0.25, -0.2) is 0 Å². The molecular weight excluding hydrogens is 344 g/mol. The summed E-state index contributed by atoms with van der Waals surface area (Å²) in [5, 5.41) is 5.67. The molecule has 3 amide bonds. The average molecular weight is 374 g/mol. The molecule has 1 fully saturated rings. The van der Waals surface area contributed by atoms with Crippen LogP contribution < -0.4 is 16.4 Å². The Labute approximate surface area is 160 Å². The fourth-order valence-electron chi connectivity index (χ4n) is 3.36. The Hall–Kier alpha value is -2.41. The molecule has 7 heteroatoms. The number of likely N-dealkylation sites (tertiary alicyclic amines) is 1. The third kappa shape index (κ3) is 6.36. The van der Waals surface area contributed by atoms with Gasteiger partial charge in [0.05, 0.1) is 18.4 Å². The monoisotopic (exact) mass is 374 g/mol. The molecule has 4 N–H and O–H groups in total. The van der Waals surface area contributed by atoms with Crippen LogP contribution >= 0.6 is 0 Å². The highest BCUT2D eigenvalue weighted by molar-refractivity contribution is 5.82. The van der Waals surface area contributed by atoms with Crippen LogP contribution in [0.5, 0.6) is 0 Å². The van der Waals surface area contributed by atoms with Gasteiger partial charge in [-0.2, -0.15) is 0 Å². The van der Waals surface area contributed by atoms with Gasteiger partial charge in [0.15, 0.2) is 0 Å². The number of rotatable bonds is 7. The fraction of sp³-hybridized carbons (Fsp3) is 0.550. The lowest BCUT2D eigenvalue weighted by molar-refractivity contribution is -0.136. The van der Waals surface area contributed by atoms with E-state index in [1.807, 2.05) is 31.2 Å². The van der Waals surface area contributed by atoms with Crippen molar-refractivity contribution in [2.75, 3.05) is 26.2 Å². The molecule has 1 aromatic carbocycles. The van der Waals surface area contributed by atoms with Gasteiger partial charge in [0, 0.05) is 33.1 Å². The Balaban J connectivity index is 2.02. The van der Waals surface area contributed by atoms with E-state index in [0.29, 0.717) is 26.2 Å². The first-order valence-electron chi connectivity index (χ1n) is 9.50. The van der Waals surface area contributed by atoms with E-state index in [9.17, 15) is 14.4 Å². The van der Waals surface area contributed by atoms with E-state index < -0.39 is 0 Å². The van der Waals surface area contributed by atoms with Crippen molar-refractivity contribution in [1.82, 2.24) is 15.5 Å². The van der Waals surface area contributed by atoms with Crippen LogP contribution in [0.25, 0.3) is 0 Å². The molecule has 0 bridgehead atoms. The predicted octanol–water partition coefficient (Wildman–Crippen LogP) is 0.876. The molecule has 2 rings (SSSR count). The van der Waals surface area contributed by atoms with E-state index in [1.54, 1.807) is 4.90 Å². The summed E-state index contributed by atoms with van der Waals surface area (Å²) in [7, 11) is 0. The Kier molecular flexibility index (Phi) is 7.79. The van der Waals surface area contributed by atoms with Crippen molar-refractivity contribution in [1.29, 1.82) is 0 Å². The number of benzene rings is 1. The Bertz CT molecular complexity index is 660. The van der Waals surface area contributed by atoms with Crippen molar-refractivity contribution >= 4 is 17.7 Å². The van der Waals surface area contributed by atoms with Gasteiger partial charge in [-0.15, -0.1) is 0 Å². The van der Waals surface area contributed by atoms with Gasteiger partial charge in [-0.3, -0.25) is 14.4 Å². The summed E-state index contributed by atoms with van der Waals surface area (Å²) in [6, 6.07) is 7.42. The van der Waals surface area contributed by atoms with Crippen LogP contribution in [0.1, 0.15) is 43.4 Å². The van der Waals surface area contributed by atoms with Crippen LogP contribution in [0.4, 0.5) is 0 Å². The highest BCUT2D eigenvalue weighted by atomic mass is 16.2. The minimum absolute atomic E-state index is 0.0464. The largest absolute Gasteiger partial charge is 0.355 e. The molecule has 1 aliphatic rings. The first-order valence-corrected chi connectivity index (χ1v) is 9.50. The molecule has 7 nitrogen and oxygen atoms in total. The van der Waals surface area contributed by atoms with Gasteiger partial charge < -0.3 is 21.3 Å². The van der Waals surface area contributed by atoms with Crippen LogP contribution in [0.2, 0.25) is 0 Å². The molecule has 27 heavy (non-hydrogen) atoms. The maximum absolute atomic E-state index is 12.8. The number of hydrogen-bond donors (Lipinski definition) is 3. The molecule has 2 atom stereocenters. The molecule has 148 valence electrons. The number of hydrogen-bond acceptors (Lipinski definition) is 4. The smallest absolute Gasteiger partial charge is 0.225 e. The molecule has 0 spiro atoms. The van der Waals surface area contributed by atoms with Gasteiger partial charge >= 0.3 is 0 Å². The maximum atomic E-state index is 12.8. The van der Waals surface area contributed by atoms with E-state index >= 15 is 0 Å². The third-order valence-corrected chi connectivity index (χ3v) is 4.82. The third-order valence-electron chi connectivity index (χ3n) is 4.82. The zero-order valence-corrected chi connectivity index (χ0v) is 16.2. The van der Waals surface area contributed by atoms with E-state index in [1.165, 1.54) is 6.92 Å². The highest BCUT2D eigenvalue weighted by Crippen LogP contribution is 2.22. The molecule has 1 saturated heterocycles. The van der Waals surface area contributed by atoms with Crippen molar-refractivity contribution in [3.05, 3.63) is 35.4 Å². The number of aryl methyl sites for hydroxylation is 1. The minimum Gasteiger partial charge on any atom is -0.355 e. The van der Waals surface area contributed by atoms with Crippen molar-refractivity contribution < 1.29 is 14.4 Å². The lowest BCUT2D eigenvalue weighted by atomic mass is 9.95. The molecule has 0 aromatic heterocycles. The van der Waals surface area contributed by atoms with Crippen molar-refractivity contribution in [2.24, 2.45) is 11.7 Å². The Morgan fingerprint density at radius 2 is 1.96 bits per heavy atom. The summed E-state index contributed by atoms with van der Waals surface area (Å²) in [5.74, 6) is -0.473. The van der Waals surface area contributed by atoms with Gasteiger partial charge in [-0.05, 0) is 25.3 Å². The SMILES string of the molecule is CC(=O)NC(CC(=O)N1CCCC(C(=O)NCCN)C1)c1ccc(C)cc1. The molecular formula is C20H30N4O3. The van der Waals surface area contributed by atoms with Crippen LogP contribution in [-0.2, 0) is 14.4 Å². The normalized spacial score (nSPS) is 17.9. The number of amides is 3. The summed E-state index contributed by atoms with van der Waals surface area (Å²) in [4.78, 5) is 38.4. The molecule has 1 heterocycles. The molecule has 2 unspecified atom stereocenters. The number of nitrogens with zero attached hydrogens (tertiary/aromatic N) is 1. The zero-order chi connectivity index (χ0) is 19.8. The van der Waals surface area contributed by atoms with Crippen molar-refractivity contribution in [3.8, 4) is 0 Å². The summed E-state index contributed by atoms with van der Waals surface area (Å²) in [6.07, 6.45) is 1.74. The Morgan fingerprint density at radius 3 is 2.59 bits per heavy atom. The lowest BCUT2D eigenvalue weighted by Crippen LogP contribution is -2.47. The number of nitrogens with one attached hydrogen (secondary N) is 2.